The maximum atomic E-state index is 9.49. The van der Waals surface area contributed by atoms with Crippen molar-refractivity contribution in [3.05, 3.63) is 53.6 Å². The second-order valence-corrected chi connectivity index (χ2v) is 5.54. The van der Waals surface area contributed by atoms with Crippen molar-refractivity contribution in [2.24, 2.45) is 0 Å². The van der Waals surface area contributed by atoms with Crippen LogP contribution in [0.5, 0.6) is 17.2 Å². The Balaban J connectivity index is 1.75. The van der Waals surface area contributed by atoms with Crippen molar-refractivity contribution in [3.63, 3.8) is 0 Å². The molecule has 2 rings (SSSR count). The van der Waals surface area contributed by atoms with E-state index in [1.54, 1.807) is 12.1 Å². The summed E-state index contributed by atoms with van der Waals surface area (Å²) in [6, 6.07) is 10.5. The highest BCUT2D eigenvalue weighted by atomic mass is 16.3. The Hall–Kier alpha value is -2.20. The van der Waals surface area contributed by atoms with Gasteiger partial charge in [-0.05, 0) is 68.1 Å². The molecule has 0 aliphatic carbocycles. The van der Waals surface area contributed by atoms with Crippen LogP contribution in [0.15, 0.2) is 42.4 Å². The highest BCUT2D eigenvalue weighted by molar-refractivity contribution is 5.40. The second-order valence-electron chi connectivity index (χ2n) is 5.54. The Labute approximate surface area is 132 Å². The predicted molar refractivity (Wildman–Crippen MR) is 87.4 cm³/mol. The molecule has 0 saturated carbocycles. The highest BCUT2D eigenvalue weighted by Crippen LogP contribution is 2.24. The summed E-state index contributed by atoms with van der Waals surface area (Å²) in [5.41, 5.74) is 1.90. The van der Waals surface area contributed by atoms with Crippen molar-refractivity contribution < 1.29 is 16.7 Å². The molecule has 0 fully saturated rings. The quantitative estimate of drug-likeness (QED) is 0.593. The van der Waals surface area contributed by atoms with Gasteiger partial charge in [-0.1, -0.05) is 18.2 Å². The van der Waals surface area contributed by atoms with E-state index in [1.807, 2.05) is 12.1 Å². The average molecular weight is 302 g/mol. The molecule has 0 bridgehead atoms. The fraction of sp³-hybridized carbons (Fsp3) is 0.333. The molecule has 0 radical (unpaired) electrons. The summed E-state index contributed by atoms with van der Waals surface area (Å²) in [5.74, 6) is -0.159. The van der Waals surface area contributed by atoms with Crippen LogP contribution < -0.4 is 5.32 Å². The van der Waals surface area contributed by atoms with Gasteiger partial charge in [0.25, 0.3) is 0 Å². The second kappa shape index (κ2) is 7.71. The van der Waals surface area contributed by atoms with Crippen molar-refractivity contribution in [1.82, 2.24) is 5.32 Å². The Bertz CT molecular complexity index is 643. The van der Waals surface area contributed by atoms with Gasteiger partial charge in [-0.15, -0.1) is 0 Å². The lowest BCUT2D eigenvalue weighted by Crippen LogP contribution is -2.28. The van der Waals surface area contributed by atoms with E-state index in [4.69, 9.17) is 1.37 Å². The molecule has 4 N–H and O–H groups in total. The Morgan fingerprint density at radius 2 is 1.73 bits per heavy atom. The Kier molecular flexibility index (Phi) is 5.16. The molecular weight excluding hydrogens is 278 g/mol. The SMILES string of the molecule is [2H]c1cc(O)c(O)cc1CCNC(C)CCc1ccc(O)cc1. The van der Waals surface area contributed by atoms with Crippen molar-refractivity contribution in [1.29, 1.82) is 0 Å². The summed E-state index contributed by atoms with van der Waals surface area (Å²) in [6.45, 7) is 2.81. The lowest BCUT2D eigenvalue weighted by molar-refractivity contribution is 0.403. The largest absolute Gasteiger partial charge is 0.508 e. The first kappa shape index (κ1) is 14.7. The molecule has 4 nitrogen and oxygen atoms in total. The van der Waals surface area contributed by atoms with Crippen molar-refractivity contribution in [3.8, 4) is 17.2 Å². The van der Waals surface area contributed by atoms with Crippen molar-refractivity contribution >= 4 is 0 Å². The molecule has 118 valence electrons. The van der Waals surface area contributed by atoms with E-state index >= 15 is 0 Å². The smallest absolute Gasteiger partial charge is 0.157 e. The fourth-order valence-corrected chi connectivity index (χ4v) is 2.26. The standard InChI is InChI=1S/C18H23NO3/c1-13(2-3-14-4-7-16(20)8-5-14)19-11-10-15-6-9-17(21)18(22)12-15/h4-9,12-13,19-22H,2-3,10-11H2,1H3/i6D. The number of benzene rings is 2. The summed E-state index contributed by atoms with van der Waals surface area (Å²) in [6.07, 6.45) is 2.52. The van der Waals surface area contributed by atoms with Crippen LogP contribution in [0.3, 0.4) is 0 Å². The van der Waals surface area contributed by atoms with Crippen molar-refractivity contribution in [2.45, 2.75) is 32.2 Å². The van der Waals surface area contributed by atoms with Crippen LogP contribution >= 0.6 is 0 Å². The molecule has 4 heteroatoms. The number of phenols is 3. The topological polar surface area (TPSA) is 72.7 Å². The van der Waals surface area contributed by atoms with Gasteiger partial charge >= 0.3 is 0 Å². The first-order valence-electron chi connectivity index (χ1n) is 7.98. The molecule has 0 saturated heterocycles. The molecule has 0 spiro atoms. The van der Waals surface area contributed by atoms with Gasteiger partial charge < -0.3 is 20.6 Å². The molecule has 1 atom stereocenters. The van der Waals surface area contributed by atoms with E-state index in [2.05, 4.69) is 12.2 Å². The highest BCUT2D eigenvalue weighted by Gasteiger charge is 2.04. The van der Waals surface area contributed by atoms with Crippen LogP contribution in [0.25, 0.3) is 0 Å². The van der Waals surface area contributed by atoms with Gasteiger partial charge in [-0.25, -0.2) is 0 Å². The molecular formula is C18H23NO3. The van der Waals surface area contributed by atoms with Gasteiger partial charge in [0.1, 0.15) is 5.75 Å². The van der Waals surface area contributed by atoms with Crippen LogP contribution in [-0.2, 0) is 12.8 Å². The molecule has 22 heavy (non-hydrogen) atoms. The fourth-order valence-electron chi connectivity index (χ4n) is 2.26. The first-order valence-corrected chi connectivity index (χ1v) is 7.48. The summed E-state index contributed by atoms with van der Waals surface area (Å²) < 4.78 is 7.79. The van der Waals surface area contributed by atoms with Gasteiger partial charge in [-0.3, -0.25) is 0 Å². The molecule has 2 aromatic carbocycles. The maximum Gasteiger partial charge on any atom is 0.157 e. The molecule has 0 aliphatic heterocycles. The van der Waals surface area contributed by atoms with Crippen LogP contribution in [0.1, 0.15) is 25.8 Å². The monoisotopic (exact) mass is 302 g/mol. The number of aromatic hydroxyl groups is 3. The van der Waals surface area contributed by atoms with E-state index in [9.17, 15) is 15.3 Å². The third-order valence-electron chi connectivity index (χ3n) is 3.66. The minimum absolute atomic E-state index is 0.184. The van der Waals surface area contributed by atoms with Gasteiger partial charge in [0.15, 0.2) is 11.5 Å². The van der Waals surface area contributed by atoms with Gasteiger partial charge in [0.2, 0.25) is 0 Å². The molecule has 0 heterocycles. The van der Waals surface area contributed by atoms with E-state index in [1.165, 1.54) is 17.7 Å². The molecule has 0 aromatic heterocycles. The molecule has 1 unspecified atom stereocenters. The minimum atomic E-state index is -0.256. The first-order chi connectivity index (χ1) is 11.0. The molecule has 2 aromatic rings. The number of hydrogen-bond acceptors (Lipinski definition) is 4. The number of nitrogens with one attached hydrogen (secondary N) is 1. The lowest BCUT2D eigenvalue weighted by Gasteiger charge is -2.14. The van der Waals surface area contributed by atoms with Crippen LogP contribution in [0, 0.1) is 0 Å². The van der Waals surface area contributed by atoms with Crippen LogP contribution in [0.2, 0.25) is 0 Å². The molecule has 0 aliphatic rings. The van der Waals surface area contributed by atoms with Gasteiger partial charge in [0.05, 0.1) is 1.37 Å². The lowest BCUT2D eigenvalue weighted by atomic mass is 10.1. The van der Waals surface area contributed by atoms with Gasteiger partial charge in [0, 0.05) is 6.04 Å². The van der Waals surface area contributed by atoms with E-state index in [0.717, 1.165) is 12.8 Å². The third kappa shape index (κ3) is 4.97. The number of phenolic OH excluding ortho intramolecular Hbond substituents is 3. The maximum absolute atomic E-state index is 9.49. The Morgan fingerprint density at radius 1 is 1.00 bits per heavy atom. The Morgan fingerprint density at radius 3 is 2.45 bits per heavy atom. The number of rotatable bonds is 7. The third-order valence-corrected chi connectivity index (χ3v) is 3.66. The zero-order valence-electron chi connectivity index (χ0n) is 13.7. The van der Waals surface area contributed by atoms with Crippen molar-refractivity contribution in [2.75, 3.05) is 6.54 Å². The van der Waals surface area contributed by atoms with Crippen LogP contribution in [0.4, 0.5) is 0 Å². The summed E-state index contributed by atoms with van der Waals surface area (Å²) in [7, 11) is 0. The summed E-state index contributed by atoms with van der Waals surface area (Å²) in [5, 5.41) is 31.5. The van der Waals surface area contributed by atoms with Gasteiger partial charge in [-0.2, -0.15) is 0 Å². The predicted octanol–water partition coefficient (Wildman–Crippen LogP) is 2.96. The van der Waals surface area contributed by atoms with E-state index < -0.39 is 0 Å². The average Bonchev–Trinajstić information content (AvgIpc) is 2.52. The number of aryl methyl sites for hydroxylation is 1. The molecule has 0 amide bonds. The summed E-state index contributed by atoms with van der Waals surface area (Å²) >= 11 is 0. The summed E-state index contributed by atoms with van der Waals surface area (Å²) in [4.78, 5) is 0. The van der Waals surface area contributed by atoms with E-state index in [0.29, 0.717) is 24.6 Å². The zero-order valence-corrected chi connectivity index (χ0v) is 12.7. The normalized spacial score (nSPS) is 12.9. The van der Waals surface area contributed by atoms with E-state index in [-0.39, 0.29) is 23.3 Å². The van der Waals surface area contributed by atoms with Crippen LogP contribution in [-0.4, -0.2) is 27.9 Å². The minimum Gasteiger partial charge on any atom is -0.508 e. The zero-order chi connectivity index (χ0) is 16.8. The number of hydrogen-bond donors (Lipinski definition) is 4.